The number of hydrogen-bond acceptors (Lipinski definition) is 22. The minimum absolute atomic E-state index is 0.104. The molecule has 13 N–H and O–H groups in total. The van der Waals surface area contributed by atoms with Gasteiger partial charge in [0.15, 0.2) is 25.2 Å². The number of rotatable bonds is 11. The van der Waals surface area contributed by atoms with Crippen molar-refractivity contribution in [2.24, 2.45) is 52.3 Å². The normalized spacial score (nSPS) is 57.8. The molecule has 72 heavy (non-hydrogen) atoms. The zero-order valence-electron chi connectivity index (χ0n) is 41.8. The molecule has 31 atom stereocenters. The Morgan fingerprint density at radius 2 is 1.17 bits per heavy atom. The lowest BCUT2D eigenvalue weighted by atomic mass is 9.44. The van der Waals surface area contributed by atoms with Crippen molar-refractivity contribution in [1.29, 1.82) is 0 Å². The van der Waals surface area contributed by atoms with Gasteiger partial charge < -0.3 is 104 Å². The number of hydrogen-bond donors (Lipinski definition) is 13. The van der Waals surface area contributed by atoms with Gasteiger partial charge in [-0.2, -0.15) is 0 Å². The molecule has 0 amide bonds. The van der Waals surface area contributed by atoms with E-state index in [1.54, 1.807) is 0 Å². The van der Waals surface area contributed by atoms with Crippen molar-refractivity contribution in [2.45, 2.75) is 227 Å². The lowest BCUT2D eigenvalue weighted by Gasteiger charge is -2.61. The summed E-state index contributed by atoms with van der Waals surface area (Å²) in [5.74, 6) is 3.87. The molecule has 10 aliphatic rings. The Morgan fingerprint density at radius 3 is 1.88 bits per heavy atom. The van der Waals surface area contributed by atoms with Crippen LogP contribution in [0.5, 0.6) is 0 Å². The summed E-state index contributed by atoms with van der Waals surface area (Å²) in [5, 5.41) is 133. The molecule has 10 rings (SSSR count). The molecule has 1 unspecified atom stereocenters. The molecule has 0 aromatic rings. The molecule has 6 saturated heterocycles. The second kappa shape index (κ2) is 21.1. The Hall–Kier alpha value is -0.880. The van der Waals surface area contributed by atoms with Gasteiger partial charge in [0.1, 0.15) is 97.3 Å². The van der Waals surface area contributed by atoms with E-state index in [1.807, 2.05) is 0 Å². The van der Waals surface area contributed by atoms with Gasteiger partial charge in [0, 0.05) is 12.5 Å². The predicted molar refractivity (Wildman–Crippen MR) is 244 cm³/mol. The van der Waals surface area contributed by atoms with Crippen LogP contribution in [0.25, 0.3) is 0 Å². The average molecular weight is 1030 g/mol. The summed E-state index contributed by atoms with van der Waals surface area (Å²) >= 11 is 0. The molecule has 22 heteroatoms. The van der Waals surface area contributed by atoms with Crippen LogP contribution in [0.2, 0.25) is 0 Å². The molecule has 22 nitrogen and oxygen atoms in total. The summed E-state index contributed by atoms with van der Waals surface area (Å²) in [6.07, 6.45) is -22.4. The van der Waals surface area contributed by atoms with Crippen LogP contribution < -0.4 is 5.32 Å². The first-order valence-electron chi connectivity index (χ1n) is 26.8. The minimum atomic E-state index is -1.99. The minimum Gasteiger partial charge on any atom is -0.394 e. The molecule has 4 aliphatic carbocycles. The molecule has 10 fully saturated rings. The third kappa shape index (κ3) is 9.26. The molecule has 414 valence electrons. The third-order valence-corrected chi connectivity index (χ3v) is 20.2. The maximum absolute atomic E-state index is 11.8. The molecule has 0 radical (unpaired) electrons. The largest absolute Gasteiger partial charge is 0.394 e. The van der Waals surface area contributed by atoms with Gasteiger partial charge in [0.2, 0.25) is 0 Å². The van der Waals surface area contributed by atoms with Crippen LogP contribution in [-0.2, 0) is 42.6 Å². The summed E-state index contributed by atoms with van der Waals surface area (Å²) in [6.45, 7) is 7.84. The van der Waals surface area contributed by atoms with Gasteiger partial charge >= 0.3 is 0 Å². The molecule has 0 bridgehead atoms. The zero-order chi connectivity index (χ0) is 51.3. The maximum Gasteiger partial charge on any atom is 0.187 e. The number of aliphatic hydroxyl groups excluding tert-OH is 12. The SMILES string of the molecule is CC1CC[C@]2(NC1)O[C@H]1C[C@H]3[C@@H]4CC[C@H]5C[C@@H](O[C@@H]6O[C@H](CO)[C@H](O[C@@H]7O[C@H](CO)[C@@H](O)[C@H](O[C@@H]8OC[C@@H](O)[C@H](O)[C@H]8O)[C@H]7O[C@@H]7O[C@H](CO)[C@@H](O)[C@H](O)[C@H]7O)[C@H](O)[C@H]6O)CC[C@]5(C)[C@H]4CC[C@]3(C)[C@H]1[C@@H]2C. The van der Waals surface area contributed by atoms with E-state index in [4.69, 9.17) is 42.6 Å². The maximum atomic E-state index is 11.8. The Labute approximate surface area is 420 Å². The van der Waals surface area contributed by atoms with Crippen LogP contribution in [0.4, 0.5) is 0 Å². The third-order valence-electron chi connectivity index (χ3n) is 20.2. The predicted octanol–water partition coefficient (Wildman–Crippen LogP) is -2.70. The van der Waals surface area contributed by atoms with Crippen LogP contribution >= 0.6 is 0 Å². The zero-order valence-corrected chi connectivity index (χ0v) is 41.8. The van der Waals surface area contributed by atoms with Crippen molar-refractivity contribution in [2.75, 3.05) is 33.0 Å². The van der Waals surface area contributed by atoms with Gasteiger partial charge in [0.25, 0.3) is 0 Å². The van der Waals surface area contributed by atoms with E-state index in [-0.39, 0.29) is 28.8 Å². The molecular weight excluding hydrogens is 951 g/mol. The summed E-state index contributed by atoms with van der Waals surface area (Å²) < 4.78 is 55.0. The van der Waals surface area contributed by atoms with Crippen LogP contribution in [-0.4, -0.2) is 229 Å². The first kappa shape index (κ1) is 54.5. The van der Waals surface area contributed by atoms with Crippen LogP contribution in [0.15, 0.2) is 0 Å². The Bertz CT molecular complexity index is 1830. The topological polar surface area (TPSA) is 338 Å². The number of ether oxygens (including phenoxy) is 9. The van der Waals surface area contributed by atoms with Crippen molar-refractivity contribution in [3.63, 3.8) is 0 Å². The number of aliphatic hydroxyl groups is 12. The van der Waals surface area contributed by atoms with Gasteiger partial charge in [-0.1, -0.05) is 27.7 Å². The van der Waals surface area contributed by atoms with Crippen LogP contribution in [0.1, 0.15) is 91.9 Å². The Balaban J connectivity index is 0.812. The molecule has 0 aromatic carbocycles. The highest BCUT2D eigenvalue weighted by Crippen LogP contribution is 2.71. The van der Waals surface area contributed by atoms with Gasteiger partial charge in [-0.05, 0) is 111 Å². The summed E-state index contributed by atoms with van der Waals surface area (Å²) in [5.41, 5.74) is 0.147. The summed E-state index contributed by atoms with van der Waals surface area (Å²) in [6, 6.07) is 0. The monoisotopic (exact) mass is 1030 g/mol. The van der Waals surface area contributed by atoms with E-state index < -0.39 is 143 Å². The summed E-state index contributed by atoms with van der Waals surface area (Å²) in [7, 11) is 0. The highest BCUT2D eigenvalue weighted by Gasteiger charge is 2.69. The van der Waals surface area contributed by atoms with E-state index in [1.165, 1.54) is 19.3 Å². The summed E-state index contributed by atoms with van der Waals surface area (Å²) in [4.78, 5) is 0. The second-order valence-corrected chi connectivity index (χ2v) is 24.0. The van der Waals surface area contributed by atoms with Crippen molar-refractivity contribution < 1.29 is 104 Å². The number of fused-ring (bicyclic) bond motifs is 7. The number of nitrogens with one attached hydrogen (secondary N) is 1. The Kier molecular flexibility index (Phi) is 15.9. The molecule has 6 heterocycles. The lowest BCUT2D eigenvalue weighted by molar-refractivity contribution is -0.404. The molecule has 0 aromatic heterocycles. The molecule has 4 saturated carbocycles. The smallest absolute Gasteiger partial charge is 0.187 e. The van der Waals surface area contributed by atoms with Gasteiger partial charge in [-0.15, -0.1) is 0 Å². The molecule has 6 aliphatic heterocycles. The van der Waals surface area contributed by atoms with Gasteiger partial charge in [-0.25, -0.2) is 0 Å². The van der Waals surface area contributed by atoms with Crippen molar-refractivity contribution >= 4 is 0 Å². The molecule has 1 spiro atoms. The van der Waals surface area contributed by atoms with Gasteiger partial charge in [0.05, 0.1) is 38.6 Å². The van der Waals surface area contributed by atoms with Crippen LogP contribution in [0.3, 0.4) is 0 Å². The highest BCUT2D eigenvalue weighted by atomic mass is 16.8. The lowest BCUT2D eigenvalue weighted by Crippen LogP contribution is -2.68. The van der Waals surface area contributed by atoms with Gasteiger partial charge in [-0.3, -0.25) is 5.32 Å². The Morgan fingerprint density at radius 1 is 0.542 bits per heavy atom. The highest BCUT2D eigenvalue weighted by molar-refractivity contribution is 5.16. The molecular formula is C50H83NO21. The quantitative estimate of drug-likeness (QED) is 0.0937. The van der Waals surface area contributed by atoms with E-state index in [0.717, 1.165) is 45.1 Å². The standard InChI is InChI=1S/C50H83NO21/c1-20-7-12-50(51-15-20)21(2)32-28(72-50)14-26-24-6-5-22-13-23(8-10-48(22,3)25(24)9-11-49(26,32)4)65-45-40(63)37(60)41(31(18-54)68-45)69-47-43(71-46-39(62)36(59)34(57)29(16-52)66-46)42(35(58)30(17-53)67-47)70-44-38(61)33(56)27(55)19-64-44/h20-47,51-63H,5-19H2,1-4H3/t20?,21-,22-,23-,24+,25-,26-,27+,28-,29+,30+,31+,32-,33-,34+,35+,36-,37+,38+,39+,40+,41-,42-,43+,44-,45+,46-,47-,48-,49-,50-/m0/s1. The van der Waals surface area contributed by atoms with E-state index >= 15 is 0 Å². The van der Waals surface area contributed by atoms with E-state index in [2.05, 4.69) is 33.0 Å². The van der Waals surface area contributed by atoms with Crippen molar-refractivity contribution in [3.05, 3.63) is 0 Å². The van der Waals surface area contributed by atoms with E-state index in [0.29, 0.717) is 47.8 Å². The fraction of sp³-hybridized carbons (Fsp3) is 1.00. The first-order valence-corrected chi connectivity index (χ1v) is 26.8. The van der Waals surface area contributed by atoms with E-state index in [9.17, 15) is 61.3 Å². The average Bonchev–Trinajstić information content (AvgIpc) is 3.82. The number of piperidine rings is 1. The second-order valence-electron chi connectivity index (χ2n) is 24.0. The van der Waals surface area contributed by atoms with Crippen LogP contribution in [0, 0.1) is 52.3 Å². The fourth-order valence-corrected chi connectivity index (χ4v) is 16.1. The fourth-order valence-electron chi connectivity index (χ4n) is 16.1. The van der Waals surface area contributed by atoms with Crippen molar-refractivity contribution in [3.8, 4) is 0 Å². The first-order chi connectivity index (χ1) is 34.3. The van der Waals surface area contributed by atoms with Crippen molar-refractivity contribution in [1.82, 2.24) is 5.32 Å².